The van der Waals surface area contributed by atoms with Gasteiger partial charge in [-0.2, -0.15) is 0 Å². The van der Waals surface area contributed by atoms with Crippen LogP contribution in [-0.4, -0.2) is 35.9 Å². The Morgan fingerprint density at radius 2 is 2.41 bits per heavy atom. The molecular weight excluding hydrogens is 234 g/mol. The number of rotatable bonds is 5. The molecule has 0 aliphatic heterocycles. The Labute approximate surface area is 106 Å². The van der Waals surface area contributed by atoms with Gasteiger partial charge in [-0.05, 0) is 24.8 Å². The SMILES string of the molecule is CC1CC1CN(C)C(=O)c1csc(CCN)n1. The first kappa shape index (κ1) is 12.5. The molecular formula is C12H19N3OS. The summed E-state index contributed by atoms with van der Waals surface area (Å²) in [6.45, 7) is 3.66. The van der Waals surface area contributed by atoms with Crippen LogP contribution >= 0.6 is 11.3 Å². The van der Waals surface area contributed by atoms with E-state index < -0.39 is 0 Å². The molecule has 5 heteroatoms. The summed E-state index contributed by atoms with van der Waals surface area (Å²) in [7, 11) is 1.86. The third-order valence-electron chi connectivity index (χ3n) is 3.26. The van der Waals surface area contributed by atoms with E-state index in [0.717, 1.165) is 23.9 Å². The zero-order chi connectivity index (χ0) is 12.4. The molecule has 0 spiro atoms. The first-order chi connectivity index (χ1) is 8.11. The molecule has 1 amide bonds. The van der Waals surface area contributed by atoms with Crippen LogP contribution in [0.3, 0.4) is 0 Å². The molecule has 0 bridgehead atoms. The molecule has 0 saturated heterocycles. The van der Waals surface area contributed by atoms with Gasteiger partial charge < -0.3 is 10.6 Å². The number of thiazole rings is 1. The lowest BCUT2D eigenvalue weighted by molar-refractivity contribution is 0.0782. The lowest BCUT2D eigenvalue weighted by Crippen LogP contribution is -2.29. The van der Waals surface area contributed by atoms with E-state index in [9.17, 15) is 4.79 Å². The number of aromatic nitrogens is 1. The average Bonchev–Trinajstić information content (AvgIpc) is 2.81. The van der Waals surface area contributed by atoms with Gasteiger partial charge in [0.2, 0.25) is 0 Å². The second-order valence-electron chi connectivity index (χ2n) is 4.82. The van der Waals surface area contributed by atoms with Crippen molar-refractivity contribution in [3.8, 4) is 0 Å². The number of hydrogen-bond donors (Lipinski definition) is 1. The normalized spacial score (nSPS) is 22.5. The van der Waals surface area contributed by atoms with Crippen molar-refractivity contribution in [3.63, 3.8) is 0 Å². The van der Waals surface area contributed by atoms with E-state index in [1.54, 1.807) is 4.90 Å². The largest absolute Gasteiger partial charge is 0.340 e. The van der Waals surface area contributed by atoms with Crippen molar-refractivity contribution in [3.05, 3.63) is 16.1 Å². The Kier molecular flexibility index (Phi) is 3.79. The summed E-state index contributed by atoms with van der Waals surface area (Å²) in [4.78, 5) is 18.2. The number of carbonyl (C=O) groups excluding carboxylic acids is 1. The van der Waals surface area contributed by atoms with Gasteiger partial charge in [-0.25, -0.2) is 4.98 Å². The van der Waals surface area contributed by atoms with E-state index in [1.165, 1.54) is 17.8 Å². The van der Waals surface area contributed by atoms with Crippen LogP contribution in [0.2, 0.25) is 0 Å². The van der Waals surface area contributed by atoms with Crippen molar-refractivity contribution in [2.75, 3.05) is 20.1 Å². The standard InChI is InChI=1S/C12H19N3OS/c1-8-5-9(8)6-15(2)12(16)10-7-17-11(14-10)3-4-13/h7-9H,3-6,13H2,1-2H3. The zero-order valence-electron chi connectivity index (χ0n) is 10.3. The molecule has 2 atom stereocenters. The highest BCUT2D eigenvalue weighted by Gasteiger charge is 2.34. The molecule has 0 aromatic carbocycles. The molecule has 94 valence electrons. The Balaban J connectivity index is 1.93. The predicted molar refractivity (Wildman–Crippen MR) is 69.1 cm³/mol. The maximum Gasteiger partial charge on any atom is 0.273 e. The molecule has 2 rings (SSSR count). The van der Waals surface area contributed by atoms with E-state index in [0.29, 0.717) is 18.2 Å². The van der Waals surface area contributed by atoms with E-state index in [4.69, 9.17) is 5.73 Å². The van der Waals surface area contributed by atoms with Crippen LogP contribution in [0.4, 0.5) is 0 Å². The maximum atomic E-state index is 12.1. The minimum atomic E-state index is 0.0311. The van der Waals surface area contributed by atoms with Gasteiger partial charge in [-0.3, -0.25) is 4.79 Å². The summed E-state index contributed by atoms with van der Waals surface area (Å²) >= 11 is 1.52. The molecule has 2 N–H and O–H groups in total. The van der Waals surface area contributed by atoms with Crippen LogP contribution in [0.15, 0.2) is 5.38 Å². The van der Waals surface area contributed by atoms with E-state index in [-0.39, 0.29) is 5.91 Å². The Morgan fingerprint density at radius 1 is 1.71 bits per heavy atom. The lowest BCUT2D eigenvalue weighted by Gasteiger charge is -2.15. The number of amides is 1. The van der Waals surface area contributed by atoms with Gasteiger partial charge in [0.1, 0.15) is 5.69 Å². The highest BCUT2D eigenvalue weighted by Crippen LogP contribution is 2.38. The maximum absolute atomic E-state index is 12.1. The summed E-state index contributed by atoms with van der Waals surface area (Å²) in [6.07, 6.45) is 1.99. The molecule has 1 aliphatic carbocycles. The Bertz CT molecular complexity index is 404. The predicted octanol–water partition coefficient (Wildman–Crippen LogP) is 1.37. The van der Waals surface area contributed by atoms with Crippen molar-refractivity contribution < 1.29 is 4.79 Å². The fourth-order valence-electron chi connectivity index (χ4n) is 1.93. The molecule has 17 heavy (non-hydrogen) atoms. The topological polar surface area (TPSA) is 59.2 Å². The van der Waals surface area contributed by atoms with Crippen LogP contribution in [0.5, 0.6) is 0 Å². The van der Waals surface area contributed by atoms with Gasteiger partial charge in [0.15, 0.2) is 0 Å². The highest BCUT2D eigenvalue weighted by atomic mass is 32.1. The van der Waals surface area contributed by atoms with Gasteiger partial charge in [0, 0.05) is 25.4 Å². The van der Waals surface area contributed by atoms with Gasteiger partial charge in [-0.15, -0.1) is 11.3 Å². The summed E-state index contributed by atoms with van der Waals surface area (Å²) in [5.74, 6) is 1.49. The van der Waals surface area contributed by atoms with E-state index in [2.05, 4.69) is 11.9 Å². The third-order valence-corrected chi connectivity index (χ3v) is 4.17. The Morgan fingerprint density at radius 3 is 3.00 bits per heavy atom. The molecule has 0 radical (unpaired) electrons. The van der Waals surface area contributed by atoms with Crippen molar-refractivity contribution in [1.29, 1.82) is 0 Å². The summed E-state index contributed by atoms with van der Waals surface area (Å²) in [6, 6.07) is 0. The van der Waals surface area contributed by atoms with Crippen molar-refractivity contribution in [2.45, 2.75) is 19.8 Å². The number of nitrogens with zero attached hydrogens (tertiary/aromatic N) is 2. The van der Waals surface area contributed by atoms with E-state index in [1.807, 2.05) is 12.4 Å². The molecule has 1 heterocycles. The fourth-order valence-corrected chi connectivity index (χ4v) is 2.72. The minimum Gasteiger partial charge on any atom is -0.340 e. The summed E-state index contributed by atoms with van der Waals surface area (Å²) in [5.41, 5.74) is 6.03. The van der Waals surface area contributed by atoms with Crippen molar-refractivity contribution >= 4 is 17.2 Å². The van der Waals surface area contributed by atoms with Crippen LogP contribution in [0, 0.1) is 11.8 Å². The van der Waals surface area contributed by atoms with E-state index >= 15 is 0 Å². The Hall–Kier alpha value is -0.940. The van der Waals surface area contributed by atoms with Gasteiger partial charge >= 0.3 is 0 Å². The molecule has 1 fully saturated rings. The highest BCUT2D eigenvalue weighted by molar-refractivity contribution is 7.09. The zero-order valence-corrected chi connectivity index (χ0v) is 11.2. The first-order valence-electron chi connectivity index (χ1n) is 6.01. The van der Waals surface area contributed by atoms with Crippen LogP contribution in [0.1, 0.15) is 28.8 Å². The van der Waals surface area contributed by atoms with Crippen molar-refractivity contribution in [2.24, 2.45) is 17.6 Å². The second kappa shape index (κ2) is 5.14. The van der Waals surface area contributed by atoms with Gasteiger partial charge in [0.05, 0.1) is 5.01 Å². The molecule has 1 saturated carbocycles. The van der Waals surface area contributed by atoms with Crippen molar-refractivity contribution in [1.82, 2.24) is 9.88 Å². The minimum absolute atomic E-state index is 0.0311. The molecule has 1 aromatic heterocycles. The smallest absolute Gasteiger partial charge is 0.273 e. The number of carbonyl (C=O) groups is 1. The summed E-state index contributed by atoms with van der Waals surface area (Å²) in [5, 5.41) is 2.78. The van der Waals surface area contributed by atoms with Crippen LogP contribution < -0.4 is 5.73 Å². The van der Waals surface area contributed by atoms with Crippen LogP contribution in [-0.2, 0) is 6.42 Å². The summed E-state index contributed by atoms with van der Waals surface area (Å²) < 4.78 is 0. The average molecular weight is 253 g/mol. The second-order valence-corrected chi connectivity index (χ2v) is 5.77. The first-order valence-corrected chi connectivity index (χ1v) is 6.89. The molecule has 4 nitrogen and oxygen atoms in total. The number of nitrogens with two attached hydrogens (primary N) is 1. The van der Waals surface area contributed by atoms with Gasteiger partial charge in [0.25, 0.3) is 5.91 Å². The third kappa shape index (κ3) is 3.04. The quantitative estimate of drug-likeness (QED) is 0.862. The van der Waals surface area contributed by atoms with Gasteiger partial charge in [-0.1, -0.05) is 6.92 Å². The molecule has 1 aromatic rings. The monoisotopic (exact) mass is 253 g/mol. The van der Waals surface area contributed by atoms with Crippen LogP contribution in [0.25, 0.3) is 0 Å². The number of hydrogen-bond acceptors (Lipinski definition) is 4. The lowest BCUT2D eigenvalue weighted by atomic mass is 10.3. The fraction of sp³-hybridized carbons (Fsp3) is 0.667. The molecule has 1 aliphatic rings. The molecule has 2 unspecified atom stereocenters.